The largest absolute Gasteiger partial charge is 0.573 e. The van der Waals surface area contributed by atoms with Crippen LogP contribution < -0.4 is 15.8 Å². The van der Waals surface area contributed by atoms with Crippen LogP contribution in [0.5, 0.6) is 5.75 Å². The topological polar surface area (TPSA) is 68.9 Å². The van der Waals surface area contributed by atoms with Gasteiger partial charge in [-0.1, -0.05) is 36.4 Å². The number of benzene rings is 2. The number of hydrogen-bond acceptors (Lipinski definition) is 3. The minimum Gasteiger partial charge on any atom is -0.406 e. The molecule has 27 heavy (non-hydrogen) atoms. The van der Waals surface area contributed by atoms with Gasteiger partial charge in [0.1, 0.15) is 5.75 Å². The van der Waals surface area contributed by atoms with Crippen molar-refractivity contribution in [2.24, 2.45) is 10.7 Å². The SMILES string of the molecule is COCc1ccccc1CNC(N)=NCc1ccc(OC(F)(F)F)cc1.I. The molecule has 2 rings (SSSR count). The fraction of sp³-hybridized carbons (Fsp3) is 0.278. The van der Waals surface area contributed by atoms with E-state index in [9.17, 15) is 13.2 Å². The number of nitrogens with zero attached hydrogens (tertiary/aromatic N) is 1. The average molecular weight is 495 g/mol. The molecule has 9 heteroatoms. The Morgan fingerprint density at radius 1 is 1.07 bits per heavy atom. The predicted molar refractivity (Wildman–Crippen MR) is 108 cm³/mol. The van der Waals surface area contributed by atoms with Crippen LogP contribution >= 0.6 is 24.0 Å². The van der Waals surface area contributed by atoms with Crippen LogP contribution in [-0.2, 0) is 24.4 Å². The Morgan fingerprint density at radius 2 is 1.70 bits per heavy atom. The number of methoxy groups -OCH3 is 1. The van der Waals surface area contributed by atoms with Crippen LogP contribution in [0, 0.1) is 0 Å². The van der Waals surface area contributed by atoms with Gasteiger partial charge in [0, 0.05) is 13.7 Å². The molecule has 0 aliphatic carbocycles. The summed E-state index contributed by atoms with van der Waals surface area (Å²) in [5.41, 5.74) is 8.65. The van der Waals surface area contributed by atoms with Gasteiger partial charge in [0.25, 0.3) is 0 Å². The fourth-order valence-corrected chi connectivity index (χ4v) is 2.24. The van der Waals surface area contributed by atoms with E-state index in [4.69, 9.17) is 10.5 Å². The molecule has 0 spiro atoms. The first-order valence-corrected chi connectivity index (χ1v) is 7.81. The van der Waals surface area contributed by atoms with Crippen molar-refractivity contribution in [1.29, 1.82) is 0 Å². The lowest BCUT2D eigenvalue weighted by Crippen LogP contribution is -2.31. The standard InChI is InChI=1S/C18H20F3N3O2.HI/c1-25-12-15-5-3-2-4-14(15)11-24-17(22)23-10-13-6-8-16(9-7-13)26-18(19,20)21;/h2-9H,10-12H2,1H3,(H3,22,23,24);1H. The Labute approximate surface area is 172 Å². The van der Waals surface area contributed by atoms with Crippen molar-refractivity contribution in [3.63, 3.8) is 0 Å². The highest BCUT2D eigenvalue weighted by Crippen LogP contribution is 2.22. The smallest absolute Gasteiger partial charge is 0.406 e. The number of rotatable bonds is 7. The Hall–Kier alpha value is -2.01. The van der Waals surface area contributed by atoms with E-state index in [0.717, 1.165) is 11.1 Å². The molecular weight excluding hydrogens is 474 g/mol. The third kappa shape index (κ3) is 8.48. The maximum absolute atomic E-state index is 12.1. The van der Waals surface area contributed by atoms with Crippen molar-refractivity contribution in [2.45, 2.75) is 26.1 Å². The summed E-state index contributed by atoms with van der Waals surface area (Å²) in [7, 11) is 1.63. The summed E-state index contributed by atoms with van der Waals surface area (Å²) in [5, 5.41) is 3.01. The molecule has 0 atom stereocenters. The van der Waals surface area contributed by atoms with Crippen LogP contribution in [0.4, 0.5) is 13.2 Å². The number of alkyl halides is 3. The van der Waals surface area contributed by atoms with Gasteiger partial charge < -0.3 is 20.5 Å². The molecule has 0 aromatic heterocycles. The van der Waals surface area contributed by atoms with Crippen LogP contribution in [0.25, 0.3) is 0 Å². The lowest BCUT2D eigenvalue weighted by molar-refractivity contribution is -0.274. The molecule has 2 aromatic carbocycles. The van der Waals surface area contributed by atoms with Crippen LogP contribution in [0.1, 0.15) is 16.7 Å². The number of guanidine groups is 1. The van der Waals surface area contributed by atoms with Gasteiger partial charge in [0.2, 0.25) is 0 Å². The second kappa shape index (κ2) is 11.0. The first-order chi connectivity index (χ1) is 12.4. The Bertz CT molecular complexity index is 737. The zero-order valence-corrected chi connectivity index (χ0v) is 17.0. The van der Waals surface area contributed by atoms with Gasteiger partial charge in [-0.3, -0.25) is 0 Å². The molecule has 148 valence electrons. The van der Waals surface area contributed by atoms with Crippen LogP contribution in [0.3, 0.4) is 0 Å². The highest BCUT2D eigenvalue weighted by Gasteiger charge is 2.30. The van der Waals surface area contributed by atoms with Crippen molar-refractivity contribution < 1.29 is 22.6 Å². The molecule has 0 fully saturated rings. The first kappa shape index (κ1) is 23.0. The first-order valence-electron chi connectivity index (χ1n) is 7.81. The molecule has 0 aliphatic heterocycles. The predicted octanol–water partition coefficient (Wildman–Crippen LogP) is 3.95. The van der Waals surface area contributed by atoms with Crippen molar-refractivity contribution >= 4 is 29.9 Å². The number of hydrogen-bond donors (Lipinski definition) is 2. The van der Waals surface area contributed by atoms with Crippen molar-refractivity contribution in [2.75, 3.05) is 7.11 Å². The van der Waals surface area contributed by atoms with E-state index in [1.165, 1.54) is 24.3 Å². The maximum Gasteiger partial charge on any atom is 0.573 e. The van der Waals surface area contributed by atoms with Gasteiger partial charge in [-0.15, -0.1) is 37.1 Å². The lowest BCUT2D eigenvalue weighted by Gasteiger charge is -2.11. The van der Waals surface area contributed by atoms with Crippen LogP contribution in [0.15, 0.2) is 53.5 Å². The molecule has 3 N–H and O–H groups in total. The summed E-state index contributed by atoms with van der Waals surface area (Å²) < 4.78 is 45.3. The molecule has 0 aliphatic rings. The van der Waals surface area contributed by atoms with Crippen molar-refractivity contribution in [1.82, 2.24) is 5.32 Å². The minimum absolute atomic E-state index is 0. The summed E-state index contributed by atoms with van der Waals surface area (Å²) in [5.74, 6) is -0.0288. The Morgan fingerprint density at radius 3 is 2.30 bits per heavy atom. The highest BCUT2D eigenvalue weighted by molar-refractivity contribution is 14.0. The van der Waals surface area contributed by atoms with Crippen LogP contribution in [-0.4, -0.2) is 19.4 Å². The van der Waals surface area contributed by atoms with E-state index in [0.29, 0.717) is 18.7 Å². The number of halogens is 4. The van der Waals surface area contributed by atoms with E-state index < -0.39 is 6.36 Å². The second-order valence-corrected chi connectivity index (χ2v) is 5.45. The van der Waals surface area contributed by atoms with Crippen molar-refractivity contribution in [3.05, 3.63) is 65.2 Å². The van der Waals surface area contributed by atoms with Crippen molar-refractivity contribution in [3.8, 4) is 5.75 Å². The third-order valence-corrected chi connectivity index (χ3v) is 3.47. The Kier molecular flexibility index (Phi) is 9.36. The molecule has 5 nitrogen and oxygen atoms in total. The monoisotopic (exact) mass is 495 g/mol. The fourth-order valence-electron chi connectivity index (χ4n) is 2.24. The number of aliphatic imine (C=N–C) groups is 1. The summed E-state index contributed by atoms with van der Waals surface area (Å²) in [6.45, 7) is 1.24. The minimum atomic E-state index is -4.70. The third-order valence-electron chi connectivity index (χ3n) is 3.47. The Balaban J connectivity index is 0.00000364. The second-order valence-electron chi connectivity index (χ2n) is 5.45. The van der Waals surface area contributed by atoms with Gasteiger partial charge in [-0.25, -0.2) is 4.99 Å². The van der Waals surface area contributed by atoms with Crippen LogP contribution in [0.2, 0.25) is 0 Å². The van der Waals surface area contributed by atoms with Gasteiger partial charge in [0.15, 0.2) is 5.96 Å². The molecule has 0 bridgehead atoms. The summed E-state index contributed by atoms with van der Waals surface area (Å²) in [4.78, 5) is 4.18. The van der Waals surface area contributed by atoms with E-state index in [1.807, 2.05) is 24.3 Å². The number of ether oxygens (including phenoxy) is 2. The van der Waals surface area contributed by atoms with E-state index >= 15 is 0 Å². The molecular formula is C18H21F3IN3O2. The average Bonchev–Trinajstić information content (AvgIpc) is 2.59. The lowest BCUT2D eigenvalue weighted by atomic mass is 10.1. The maximum atomic E-state index is 12.1. The zero-order valence-electron chi connectivity index (χ0n) is 14.6. The molecule has 0 radical (unpaired) electrons. The summed E-state index contributed by atoms with van der Waals surface area (Å²) in [6.07, 6.45) is -4.70. The van der Waals surface area contributed by atoms with Gasteiger partial charge in [-0.2, -0.15) is 0 Å². The normalized spacial score (nSPS) is 11.6. The van der Waals surface area contributed by atoms with E-state index in [1.54, 1.807) is 7.11 Å². The molecule has 0 unspecified atom stereocenters. The van der Waals surface area contributed by atoms with Gasteiger partial charge >= 0.3 is 6.36 Å². The molecule has 0 amide bonds. The quantitative estimate of drug-likeness (QED) is 0.347. The van der Waals surface area contributed by atoms with E-state index in [-0.39, 0.29) is 42.2 Å². The number of nitrogens with two attached hydrogens (primary N) is 1. The number of nitrogens with one attached hydrogen (secondary N) is 1. The molecule has 2 aromatic rings. The van der Waals surface area contributed by atoms with Gasteiger partial charge in [-0.05, 0) is 28.8 Å². The molecule has 0 saturated heterocycles. The van der Waals surface area contributed by atoms with E-state index in [2.05, 4.69) is 15.0 Å². The summed E-state index contributed by atoms with van der Waals surface area (Å²) in [6, 6.07) is 13.3. The molecule has 0 saturated carbocycles. The van der Waals surface area contributed by atoms with Gasteiger partial charge in [0.05, 0.1) is 13.2 Å². The highest BCUT2D eigenvalue weighted by atomic mass is 127. The molecule has 0 heterocycles. The summed E-state index contributed by atoms with van der Waals surface area (Å²) >= 11 is 0. The zero-order chi connectivity index (χ0) is 19.0.